The molecule has 0 aliphatic heterocycles. The number of aliphatic carboxylic acids is 1. The lowest BCUT2D eigenvalue weighted by molar-refractivity contribution is -0.303. The van der Waals surface area contributed by atoms with Crippen molar-refractivity contribution < 1.29 is 29.7 Å². The number of carbonyl (C=O) groups is 3. The summed E-state index contributed by atoms with van der Waals surface area (Å²) >= 11 is 6.15. The van der Waals surface area contributed by atoms with Crippen LogP contribution in [0.4, 0.5) is 0 Å². The van der Waals surface area contributed by atoms with Gasteiger partial charge in [0.2, 0.25) is 5.88 Å². The maximum atomic E-state index is 13.0. The number of aryl methyl sites for hydroxylation is 1. The van der Waals surface area contributed by atoms with E-state index in [0.717, 1.165) is 11.1 Å². The lowest BCUT2D eigenvalue weighted by Gasteiger charge is -2.17. The molecular formula is C24H25ClN4O7. The molecule has 190 valence electrons. The van der Waals surface area contributed by atoms with Gasteiger partial charge in [0.15, 0.2) is 5.75 Å². The van der Waals surface area contributed by atoms with Crippen LogP contribution in [0.25, 0.3) is 0 Å². The molecule has 2 aromatic carbocycles. The topological polar surface area (TPSA) is 197 Å². The van der Waals surface area contributed by atoms with Gasteiger partial charge in [0.1, 0.15) is 11.1 Å². The highest BCUT2D eigenvalue weighted by Crippen LogP contribution is 2.29. The minimum Gasteiger partial charge on any atom is -0.548 e. The predicted molar refractivity (Wildman–Crippen MR) is 130 cm³/mol. The van der Waals surface area contributed by atoms with E-state index < -0.39 is 52.6 Å². The third-order valence-electron chi connectivity index (χ3n) is 5.12. The number of rotatable bonds is 8. The minimum absolute atomic E-state index is 0. The van der Waals surface area contributed by atoms with Gasteiger partial charge < -0.3 is 36.9 Å². The highest BCUT2D eigenvalue weighted by Gasteiger charge is 2.30. The summed E-state index contributed by atoms with van der Waals surface area (Å²) in [7, 11) is 0. The van der Waals surface area contributed by atoms with E-state index in [1.54, 1.807) is 36.4 Å². The Labute approximate surface area is 210 Å². The van der Waals surface area contributed by atoms with Gasteiger partial charge in [0, 0.05) is 11.6 Å². The second-order valence-corrected chi connectivity index (χ2v) is 8.04. The Kier molecular flexibility index (Phi) is 9.19. The van der Waals surface area contributed by atoms with Gasteiger partial charge in [-0.25, -0.2) is 0 Å². The van der Waals surface area contributed by atoms with E-state index in [9.17, 15) is 34.5 Å². The number of halogens is 1. The SMILES string of the molecule is Cc1ccc(CNC(=O)c2c(O)c(C(=O)NCC(=O)[O-])c(=O)n(Cc3ccccc3Cl)c2O)cc1.[NH4+]. The molecule has 12 heteroatoms. The molecule has 0 atom stereocenters. The predicted octanol–water partition coefficient (Wildman–Crippen LogP) is 1.06. The lowest BCUT2D eigenvalue weighted by atomic mass is 10.1. The maximum Gasteiger partial charge on any atom is 0.270 e. The van der Waals surface area contributed by atoms with Crippen molar-refractivity contribution in [3.05, 3.63) is 91.7 Å². The summed E-state index contributed by atoms with van der Waals surface area (Å²) in [4.78, 5) is 49.3. The molecule has 1 heterocycles. The molecule has 36 heavy (non-hydrogen) atoms. The van der Waals surface area contributed by atoms with Crippen molar-refractivity contribution in [1.82, 2.24) is 21.4 Å². The van der Waals surface area contributed by atoms with Crippen molar-refractivity contribution in [3.8, 4) is 11.6 Å². The average Bonchev–Trinajstić information content (AvgIpc) is 2.81. The van der Waals surface area contributed by atoms with Gasteiger partial charge in [0.25, 0.3) is 17.4 Å². The molecule has 0 aliphatic rings. The zero-order chi connectivity index (χ0) is 25.7. The molecule has 0 spiro atoms. The number of benzene rings is 2. The zero-order valence-electron chi connectivity index (χ0n) is 19.5. The van der Waals surface area contributed by atoms with Crippen LogP contribution in [0.15, 0.2) is 53.3 Å². The van der Waals surface area contributed by atoms with E-state index in [1.807, 2.05) is 24.4 Å². The second kappa shape index (κ2) is 11.9. The molecule has 1 aromatic heterocycles. The van der Waals surface area contributed by atoms with Gasteiger partial charge in [-0.05, 0) is 24.1 Å². The number of pyridine rings is 1. The van der Waals surface area contributed by atoms with Gasteiger partial charge in [-0.2, -0.15) is 0 Å². The van der Waals surface area contributed by atoms with Gasteiger partial charge >= 0.3 is 0 Å². The molecular weight excluding hydrogens is 492 g/mol. The fourth-order valence-electron chi connectivity index (χ4n) is 3.27. The Hall–Kier alpha value is -4.35. The van der Waals surface area contributed by atoms with Crippen LogP contribution in [-0.4, -0.2) is 39.1 Å². The summed E-state index contributed by atoms with van der Waals surface area (Å²) in [6.07, 6.45) is 0. The van der Waals surface area contributed by atoms with Crippen LogP contribution in [0, 0.1) is 6.92 Å². The maximum absolute atomic E-state index is 13.0. The Morgan fingerprint density at radius 3 is 2.19 bits per heavy atom. The third-order valence-corrected chi connectivity index (χ3v) is 5.49. The molecule has 8 N–H and O–H groups in total. The summed E-state index contributed by atoms with van der Waals surface area (Å²) in [5, 5.41) is 36.9. The summed E-state index contributed by atoms with van der Waals surface area (Å²) in [6, 6.07) is 13.6. The molecule has 11 nitrogen and oxygen atoms in total. The number of hydrogen-bond donors (Lipinski definition) is 5. The van der Waals surface area contributed by atoms with Crippen molar-refractivity contribution in [2.75, 3.05) is 6.54 Å². The fourth-order valence-corrected chi connectivity index (χ4v) is 3.47. The Bertz CT molecular complexity index is 1350. The molecule has 0 saturated heterocycles. The second-order valence-electron chi connectivity index (χ2n) is 7.63. The van der Waals surface area contributed by atoms with Gasteiger partial charge in [-0.3, -0.25) is 19.0 Å². The minimum atomic E-state index is -1.64. The molecule has 3 rings (SSSR count). The number of hydrogen-bond acceptors (Lipinski definition) is 7. The van der Waals surface area contributed by atoms with Gasteiger partial charge in [-0.15, -0.1) is 0 Å². The Morgan fingerprint density at radius 2 is 1.58 bits per heavy atom. The van der Waals surface area contributed by atoms with Crippen LogP contribution in [-0.2, 0) is 17.9 Å². The number of aromatic nitrogens is 1. The number of quaternary nitrogens is 1. The standard InChI is InChI=1S/C24H22ClN3O7.H3N/c1-13-6-8-14(9-7-13)10-26-21(32)18-20(31)19(22(33)27-11-17(29)30)24(35)28(23(18)34)12-15-4-2-3-5-16(15)25;/h2-9,31,34H,10-12H2,1H3,(H,26,32)(H,27,33)(H,29,30);1H3. The van der Waals surface area contributed by atoms with Crippen LogP contribution >= 0.6 is 11.6 Å². The van der Waals surface area contributed by atoms with Crippen LogP contribution < -0.4 is 27.4 Å². The quantitative estimate of drug-likeness (QED) is 0.294. The number of carbonyl (C=O) groups excluding carboxylic acids is 3. The first-order valence-corrected chi connectivity index (χ1v) is 10.7. The van der Waals surface area contributed by atoms with Crippen LogP contribution in [0.5, 0.6) is 11.6 Å². The fraction of sp³-hybridized carbons (Fsp3) is 0.167. The third kappa shape index (κ3) is 6.20. The number of amides is 2. The lowest BCUT2D eigenvalue weighted by Crippen LogP contribution is -2.41. The van der Waals surface area contributed by atoms with Gasteiger partial charge in [-0.1, -0.05) is 59.6 Å². The largest absolute Gasteiger partial charge is 0.548 e. The summed E-state index contributed by atoms with van der Waals surface area (Å²) < 4.78 is 0.690. The van der Waals surface area contributed by atoms with E-state index in [2.05, 4.69) is 5.32 Å². The van der Waals surface area contributed by atoms with E-state index in [1.165, 1.54) is 0 Å². The zero-order valence-corrected chi connectivity index (χ0v) is 20.3. The number of carboxylic acid groups (broad SMARTS) is 1. The number of nitrogens with one attached hydrogen (secondary N) is 2. The van der Waals surface area contributed by atoms with Crippen LogP contribution in [0.3, 0.4) is 0 Å². The summed E-state index contributed by atoms with van der Waals surface area (Å²) in [6.45, 7) is 0.628. The smallest absolute Gasteiger partial charge is 0.270 e. The monoisotopic (exact) mass is 516 g/mol. The van der Waals surface area contributed by atoms with Crippen molar-refractivity contribution in [1.29, 1.82) is 0 Å². The highest BCUT2D eigenvalue weighted by molar-refractivity contribution is 6.31. The van der Waals surface area contributed by atoms with E-state index in [-0.39, 0.29) is 24.3 Å². The molecule has 3 aromatic rings. The Morgan fingerprint density at radius 1 is 0.972 bits per heavy atom. The number of aromatic hydroxyl groups is 2. The van der Waals surface area contributed by atoms with Crippen molar-refractivity contribution in [2.45, 2.75) is 20.0 Å². The van der Waals surface area contributed by atoms with E-state index in [0.29, 0.717) is 10.1 Å². The molecule has 0 fully saturated rings. The van der Waals surface area contributed by atoms with Crippen LogP contribution in [0.2, 0.25) is 5.02 Å². The van der Waals surface area contributed by atoms with E-state index in [4.69, 9.17) is 11.6 Å². The molecule has 0 bridgehead atoms. The number of nitrogens with zero attached hydrogens (tertiary/aromatic N) is 1. The first kappa shape index (κ1) is 27.9. The molecule has 0 unspecified atom stereocenters. The van der Waals surface area contributed by atoms with Crippen molar-refractivity contribution in [2.24, 2.45) is 0 Å². The summed E-state index contributed by atoms with van der Waals surface area (Å²) in [5.74, 6) is -5.87. The first-order valence-electron chi connectivity index (χ1n) is 10.3. The first-order chi connectivity index (χ1) is 16.6. The highest BCUT2D eigenvalue weighted by atomic mass is 35.5. The Balaban J connectivity index is 0.00000456. The average molecular weight is 517 g/mol. The number of carboxylic acids is 1. The van der Waals surface area contributed by atoms with E-state index >= 15 is 0 Å². The van der Waals surface area contributed by atoms with Crippen molar-refractivity contribution in [3.63, 3.8) is 0 Å². The van der Waals surface area contributed by atoms with Crippen molar-refractivity contribution >= 4 is 29.4 Å². The summed E-state index contributed by atoms with van der Waals surface area (Å²) in [5.41, 5.74) is -0.706. The molecule has 0 aliphatic carbocycles. The normalized spacial score (nSPS) is 10.3. The molecule has 2 amide bonds. The van der Waals surface area contributed by atoms with Crippen LogP contribution in [0.1, 0.15) is 37.4 Å². The molecule has 0 saturated carbocycles. The molecule has 0 radical (unpaired) electrons. The van der Waals surface area contributed by atoms with Gasteiger partial charge in [0.05, 0.1) is 19.1 Å².